The van der Waals surface area contributed by atoms with Gasteiger partial charge in [0, 0.05) is 79.9 Å². The molecule has 3 aromatic carbocycles. The summed E-state index contributed by atoms with van der Waals surface area (Å²) in [5.74, 6) is 0.814. The normalized spacial score (nSPS) is 19.1. The van der Waals surface area contributed by atoms with E-state index >= 15 is 0 Å². The van der Waals surface area contributed by atoms with Crippen LogP contribution in [0.3, 0.4) is 0 Å². The van der Waals surface area contributed by atoms with Crippen molar-refractivity contribution >= 4 is 63.1 Å². The highest BCUT2D eigenvalue weighted by molar-refractivity contribution is 6.23. The molecular weight excluding hydrogens is 775 g/mol. The van der Waals surface area contributed by atoms with Crippen LogP contribution in [0.5, 0.6) is 11.5 Å². The van der Waals surface area contributed by atoms with Gasteiger partial charge in [-0.15, -0.1) is 0 Å². The molecule has 0 bridgehead atoms. The summed E-state index contributed by atoms with van der Waals surface area (Å²) in [6, 6.07) is 20.7. The molecule has 0 saturated carbocycles. The summed E-state index contributed by atoms with van der Waals surface area (Å²) in [7, 11) is 0. The van der Waals surface area contributed by atoms with E-state index in [4.69, 9.17) is 4.74 Å². The van der Waals surface area contributed by atoms with Gasteiger partial charge in [0.25, 0.3) is 11.8 Å². The van der Waals surface area contributed by atoms with E-state index in [9.17, 15) is 19.2 Å². The number of aromatic nitrogens is 5. The van der Waals surface area contributed by atoms with Gasteiger partial charge in [0.05, 0.1) is 16.6 Å². The second-order valence-electron chi connectivity index (χ2n) is 16.4. The Morgan fingerprint density at radius 2 is 1.61 bits per heavy atom. The number of hydrogen-bond acceptors (Lipinski definition) is 13. The number of anilines is 4. The molecule has 10 rings (SSSR count). The monoisotopic (exact) mass is 819 g/mol. The maximum Gasteiger partial charge on any atom is 0.262 e. The van der Waals surface area contributed by atoms with Crippen LogP contribution in [0.2, 0.25) is 0 Å². The van der Waals surface area contributed by atoms with Gasteiger partial charge < -0.3 is 25.2 Å². The first-order valence-corrected chi connectivity index (χ1v) is 20.9. The number of piperidine rings is 3. The Kier molecular flexibility index (Phi) is 9.99. The first-order valence-electron chi connectivity index (χ1n) is 20.9. The fourth-order valence-corrected chi connectivity index (χ4v) is 9.10. The van der Waals surface area contributed by atoms with Gasteiger partial charge in [0.15, 0.2) is 5.65 Å². The van der Waals surface area contributed by atoms with Crippen molar-refractivity contribution in [3.8, 4) is 11.5 Å². The molecule has 3 fully saturated rings. The van der Waals surface area contributed by atoms with Crippen LogP contribution in [0, 0.1) is 12.8 Å². The van der Waals surface area contributed by atoms with Crippen molar-refractivity contribution in [3.05, 3.63) is 102 Å². The van der Waals surface area contributed by atoms with Crippen LogP contribution in [-0.4, -0.2) is 103 Å². The summed E-state index contributed by atoms with van der Waals surface area (Å²) < 4.78 is 7.86. The largest absolute Gasteiger partial charge is 0.457 e. The highest BCUT2D eigenvalue weighted by Crippen LogP contribution is 2.34. The standard InChI is InChI=1S/C45H45N11O5/c1-27-20-30(3-8-39(27)61-33-14-19-55-40(23-33)47-26-49-55)51-42-36-21-31(2-6-37(36)46-25-48-42)50-29-12-15-53(16-13-29)24-28-10-17-54(18-11-28)32-4-5-34-35(22-32)45(60)56(44(34)59)38-7-9-41(57)52-43(38)58/h2-6,8,14,19-23,25-26,28-29,38,50H,7,9-13,15-18,24H2,1H3,(H,46,48,51)(H,52,57,58). The maximum atomic E-state index is 13.4. The van der Waals surface area contributed by atoms with E-state index in [-0.39, 0.29) is 18.7 Å². The summed E-state index contributed by atoms with van der Waals surface area (Å²) in [6.45, 7) is 6.86. The van der Waals surface area contributed by atoms with Crippen molar-refractivity contribution < 1.29 is 23.9 Å². The lowest BCUT2D eigenvalue weighted by molar-refractivity contribution is -0.136. The number of aryl methyl sites for hydroxylation is 1. The van der Waals surface area contributed by atoms with Crippen molar-refractivity contribution in [2.45, 2.75) is 57.5 Å². The molecule has 1 unspecified atom stereocenters. The summed E-state index contributed by atoms with van der Waals surface area (Å²) in [4.78, 5) is 69.9. The number of imide groups is 2. The SMILES string of the molecule is Cc1cc(Nc2ncnc3ccc(NC4CCN(CC5CCN(c6ccc7c(c6)C(=O)N(C6CCC(=O)NC6=O)C7=O)CC5)CC4)cc23)ccc1Oc1ccn2ncnc2c1. The smallest absolute Gasteiger partial charge is 0.262 e. The molecule has 310 valence electrons. The Morgan fingerprint density at radius 1 is 0.787 bits per heavy atom. The molecule has 16 heteroatoms. The number of fused-ring (bicyclic) bond motifs is 3. The molecule has 4 aliphatic rings. The lowest BCUT2D eigenvalue weighted by atomic mass is 9.94. The number of ether oxygens (including phenoxy) is 1. The first kappa shape index (κ1) is 38.3. The quantitative estimate of drug-likeness (QED) is 0.143. The number of rotatable bonds is 10. The van der Waals surface area contributed by atoms with Crippen LogP contribution in [0.1, 0.15) is 64.8 Å². The Morgan fingerprint density at radius 3 is 2.43 bits per heavy atom. The fourth-order valence-electron chi connectivity index (χ4n) is 9.10. The van der Waals surface area contributed by atoms with Crippen LogP contribution in [0.4, 0.5) is 22.9 Å². The third kappa shape index (κ3) is 7.70. The minimum atomic E-state index is -0.965. The van der Waals surface area contributed by atoms with Crippen LogP contribution < -0.4 is 25.6 Å². The van der Waals surface area contributed by atoms with Crippen LogP contribution >= 0.6 is 0 Å². The van der Waals surface area contributed by atoms with Crippen molar-refractivity contribution in [1.82, 2.24) is 39.7 Å². The van der Waals surface area contributed by atoms with Gasteiger partial charge in [-0.2, -0.15) is 5.10 Å². The Hall–Kier alpha value is -6.94. The second-order valence-corrected chi connectivity index (χ2v) is 16.4. The number of nitrogens with zero attached hydrogens (tertiary/aromatic N) is 8. The number of hydrogen-bond donors (Lipinski definition) is 3. The summed E-state index contributed by atoms with van der Waals surface area (Å²) in [5, 5.41) is 14.6. The number of nitrogens with one attached hydrogen (secondary N) is 3. The van der Waals surface area contributed by atoms with Gasteiger partial charge in [-0.1, -0.05) is 0 Å². The molecule has 7 heterocycles. The fraction of sp³-hybridized carbons (Fsp3) is 0.333. The van der Waals surface area contributed by atoms with Gasteiger partial charge in [-0.3, -0.25) is 29.4 Å². The lowest BCUT2D eigenvalue weighted by Crippen LogP contribution is -2.54. The lowest BCUT2D eigenvalue weighted by Gasteiger charge is -2.38. The minimum absolute atomic E-state index is 0.0982. The molecule has 0 radical (unpaired) electrons. The number of likely N-dealkylation sites (tertiary alicyclic amines) is 1. The van der Waals surface area contributed by atoms with Crippen molar-refractivity contribution in [3.63, 3.8) is 0 Å². The van der Waals surface area contributed by atoms with E-state index in [0.29, 0.717) is 34.5 Å². The van der Waals surface area contributed by atoms with Crippen LogP contribution in [-0.2, 0) is 9.59 Å². The van der Waals surface area contributed by atoms with Gasteiger partial charge in [0.2, 0.25) is 11.8 Å². The topological polar surface area (TPSA) is 179 Å². The number of carbonyl (C=O) groups excluding carboxylic acids is 4. The molecule has 1 atom stereocenters. The molecule has 61 heavy (non-hydrogen) atoms. The molecule has 4 amide bonds. The molecule has 4 aliphatic heterocycles. The zero-order chi connectivity index (χ0) is 41.6. The van der Waals surface area contributed by atoms with Crippen LogP contribution in [0.15, 0.2) is 85.6 Å². The molecule has 6 aromatic rings. The predicted molar refractivity (Wildman–Crippen MR) is 228 cm³/mol. The van der Waals surface area contributed by atoms with Gasteiger partial charge in [-0.25, -0.2) is 19.5 Å². The zero-order valence-electron chi connectivity index (χ0n) is 33.7. The first-order chi connectivity index (χ1) is 29.7. The summed E-state index contributed by atoms with van der Waals surface area (Å²) >= 11 is 0. The van der Waals surface area contributed by atoms with E-state index in [1.807, 2.05) is 55.6 Å². The summed E-state index contributed by atoms with van der Waals surface area (Å²) in [6.07, 6.45) is 9.34. The number of benzene rings is 3. The third-order valence-electron chi connectivity index (χ3n) is 12.4. The minimum Gasteiger partial charge on any atom is -0.457 e. The average molecular weight is 820 g/mol. The molecular formula is C45H45N11O5. The Bertz CT molecular complexity index is 2700. The van der Waals surface area contributed by atoms with E-state index in [0.717, 1.165) is 108 Å². The third-order valence-corrected chi connectivity index (χ3v) is 12.4. The van der Waals surface area contributed by atoms with E-state index in [1.54, 1.807) is 23.0 Å². The molecule has 0 aliphatic carbocycles. The Balaban J connectivity index is 0.710. The molecule has 0 spiro atoms. The number of pyridine rings is 1. The predicted octanol–water partition coefficient (Wildman–Crippen LogP) is 5.71. The van der Waals surface area contributed by atoms with Crippen molar-refractivity contribution in [2.24, 2.45) is 5.92 Å². The van der Waals surface area contributed by atoms with E-state index < -0.39 is 23.8 Å². The average Bonchev–Trinajstić information content (AvgIpc) is 3.84. The van der Waals surface area contributed by atoms with Crippen molar-refractivity contribution in [1.29, 1.82) is 0 Å². The molecule has 3 N–H and O–H groups in total. The van der Waals surface area contributed by atoms with E-state index in [1.165, 1.54) is 6.33 Å². The van der Waals surface area contributed by atoms with Gasteiger partial charge in [-0.05, 0) is 111 Å². The highest BCUT2D eigenvalue weighted by atomic mass is 16.5. The molecule has 16 nitrogen and oxygen atoms in total. The number of amides is 4. The van der Waals surface area contributed by atoms with Crippen molar-refractivity contribution in [2.75, 3.05) is 48.3 Å². The number of carbonyl (C=O) groups is 4. The maximum absolute atomic E-state index is 13.4. The Labute approximate surface area is 351 Å². The van der Waals surface area contributed by atoms with Gasteiger partial charge in [0.1, 0.15) is 36.0 Å². The molecule has 3 saturated heterocycles. The van der Waals surface area contributed by atoms with Crippen LogP contribution in [0.25, 0.3) is 16.6 Å². The van der Waals surface area contributed by atoms with Gasteiger partial charge >= 0.3 is 0 Å². The van der Waals surface area contributed by atoms with E-state index in [2.05, 4.69) is 57.9 Å². The highest BCUT2D eigenvalue weighted by Gasteiger charge is 2.45. The molecule has 3 aromatic heterocycles. The zero-order valence-corrected chi connectivity index (χ0v) is 33.7. The summed E-state index contributed by atoms with van der Waals surface area (Å²) in [5.41, 5.74) is 6.03. The second kappa shape index (κ2) is 15.9.